The second-order valence-corrected chi connectivity index (χ2v) is 12.8. The Hall–Kier alpha value is -4.13. The summed E-state index contributed by atoms with van der Waals surface area (Å²) in [7, 11) is 6.80. The summed E-state index contributed by atoms with van der Waals surface area (Å²) in [4.78, 5) is 45.3. The van der Waals surface area contributed by atoms with E-state index in [1.165, 1.54) is 4.90 Å². The van der Waals surface area contributed by atoms with E-state index in [4.69, 9.17) is 10.2 Å². The van der Waals surface area contributed by atoms with Crippen molar-refractivity contribution in [3.63, 3.8) is 0 Å². The van der Waals surface area contributed by atoms with E-state index >= 15 is 0 Å². The van der Waals surface area contributed by atoms with Crippen molar-refractivity contribution in [2.45, 2.75) is 43.9 Å². The summed E-state index contributed by atoms with van der Waals surface area (Å²) in [6.07, 6.45) is 2.50. The molecule has 0 bridgehead atoms. The van der Waals surface area contributed by atoms with Gasteiger partial charge in [-0.05, 0) is 82.5 Å². The number of aliphatic hydroxyl groups excluding tert-OH is 2. The van der Waals surface area contributed by atoms with Crippen LogP contribution in [-0.4, -0.2) is 101 Å². The second-order valence-electron chi connectivity index (χ2n) is 12.8. The summed E-state index contributed by atoms with van der Waals surface area (Å²) < 4.78 is 6.14. The number of Topliss-reactive ketones (excluding diaryl/α,β-unsaturated/α-hetero) is 2. The normalized spacial score (nSPS) is 27.1. The maximum absolute atomic E-state index is 14.2. The summed E-state index contributed by atoms with van der Waals surface area (Å²) >= 11 is 0. The number of aromatic hydroxyl groups is 1. The first-order valence-corrected chi connectivity index (χ1v) is 14.8. The average molecular weight is 607 g/mol. The molecule has 1 aromatic heterocycles. The van der Waals surface area contributed by atoms with Crippen molar-refractivity contribution in [2.75, 3.05) is 46.2 Å². The zero-order chi connectivity index (χ0) is 31.8. The molecule has 3 aliphatic carbocycles. The van der Waals surface area contributed by atoms with Crippen molar-refractivity contribution < 1.29 is 39.2 Å². The Morgan fingerprint density at radius 2 is 1.80 bits per heavy atom. The van der Waals surface area contributed by atoms with Crippen molar-refractivity contribution in [3.8, 4) is 17.1 Å². The molecule has 2 aromatic rings. The van der Waals surface area contributed by atoms with E-state index in [0.29, 0.717) is 29.1 Å². The third-order valence-electron chi connectivity index (χ3n) is 9.68. The third-order valence-corrected chi connectivity index (χ3v) is 9.68. The van der Waals surface area contributed by atoms with Crippen LogP contribution in [0, 0.1) is 11.8 Å². The number of likely N-dealkylation sites (N-methyl/N-ethyl adjacent to an activating group) is 1. The fraction of sp³-hybridized carbons (Fsp3) is 0.469. The molecule has 12 heteroatoms. The Bertz CT molecular complexity index is 1650. The van der Waals surface area contributed by atoms with Gasteiger partial charge in [0.15, 0.2) is 11.4 Å². The monoisotopic (exact) mass is 606 g/mol. The van der Waals surface area contributed by atoms with Crippen molar-refractivity contribution >= 4 is 28.9 Å². The molecule has 6 N–H and O–H groups in total. The maximum atomic E-state index is 14.2. The van der Waals surface area contributed by atoms with Gasteiger partial charge >= 0.3 is 0 Å². The first kappa shape index (κ1) is 29.9. The van der Waals surface area contributed by atoms with Gasteiger partial charge in [-0.25, -0.2) is 0 Å². The first-order valence-electron chi connectivity index (χ1n) is 14.8. The number of fused-ring (bicyclic) bond motifs is 3. The number of phenols is 1. The summed E-state index contributed by atoms with van der Waals surface area (Å²) in [6, 6.07) is 4.26. The maximum Gasteiger partial charge on any atom is 0.255 e. The van der Waals surface area contributed by atoms with Gasteiger partial charge in [0, 0.05) is 31.3 Å². The van der Waals surface area contributed by atoms with Crippen LogP contribution in [0.2, 0.25) is 0 Å². The molecule has 1 aromatic carbocycles. The lowest BCUT2D eigenvalue weighted by atomic mass is 9.57. The van der Waals surface area contributed by atoms with Gasteiger partial charge in [-0.1, -0.05) is 0 Å². The molecule has 4 aliphatic rings. The summed E-state index contributed by atoms with van der Waals surface area (Å²) in [5.41, 5.74) is 3.32. The lowest BCUT2D eigenvalue weighted by molar-refractivity contribution is -0.153. The minimum Gasteiger partial charge on any atom is -0.508 e. The van der Waals surface area contributed by atoms with E-state index in [0.717, 1.165) is 31.7 Å². The number of nitrogens with two attached hydrogens (primary N) is 1. The number of anilines is 1. The van der Waals surface area contributed by atoms with Crippen LogP contribution in [0.15, 0.2) is 39.5 Å². The zero-order valence-electron chi connectivity index (χ0n) is 25.3. The van der Waals surface area contributed by atoms with Gasteiger partial charge in [-0.3, -0.25) is 24.2 Å². The number of hydrogen-bond acceptors (Lipinski definition) is 11. The molecular formula is C32H38N4O8. The number of ketones is 2. The van der Waals surface area contributed by atoms with Gasteiger partial charge in [0.05, 0.1) is 23.7 Å². The molecule has 1 saturated carbocycles. The number of rotatable bonds is 6. The van der Waals surface area contributed by atoms with Crippen molar-refractivity contribution in [3.05, 3.63) is 52.0 Å². The fourth-order valence-electron chi connectivity index (χ4n) is 7.65. The highest BCUT2D eigenvalue weighted by Crippen LogP contribution is 2.55. The molecule has 1 saturated heterocycles. The summed E-state index contributed by atoms with van der Waals surface area (Å²) in [5.74, 6) is -5.69. The van der Waals surface area contributed by atoms with Crippen LogP contribution >= 0.6 is 0 Å². The minimum atomic E-state index is -2.69. The number of furan rings is 1. The SMILES string of the molecule is CN(C)c1cc(-c2ccc(CN3CCCC3)o2)c(O)c2c1C[C@H]1C[C@H]3C(N(C)C)C(=O)C(C(N)=O)=C(O)[C@@]3(O)C(=O)C1=C2O. The number of nitrogens with zero attached hydrogens (tertiary/aromatic N) is 3. The average Bonchev–Trinajstić information content (AvgIpc) is 3.63. The standard InChI is InChI=1S/C32H38N4O8/c1-34(2)20-13-18(21-8-7-16(44-21)14-36-9-5-6-10-36)26(37)23-17(20)11-15-12-19-25(35(3)4)28(39)24(31(33)42)30(41)32(19,43)29(40)22(15)27(23)38/h7-8,13,15,19,25,37-38,41,43H,5-6,9-12,14H2,1-4H3,(H2,33,42)/t15-,19-,25?,32-/m0/s1. The second kappa shape index (κ2) is 10.5. The Balaban J connectivity index is 1.50. The van der Waals surface area contributed by atoms with Gasteiger partial charge in [-0.2, -0.15) is 0 Å². The summed E-state index contributed by atoms with van der Waals surface area (Å²) in [6.45, 7) is 2.62. The zero-order valence-corrected chi connectivity index (χ0v) is 25.3. The van der Waals surface area contributed by atoms with Crippen LogP contribution in [0.5, 0.6) is 5.75 Å². The van der Waals surface area contributed by atoms with Crippen molar-refractivity contribution in [1.82, 2.24) is 9.80 Å². The number of phenolic OH excluding ortho intramolecular Hbond substituents is 1. The molecule has 1 unspecified atom stereocenters. The molecule has 234 valence electrons. The molecule has 2 fully saturated rings. The number of hydrogen-bond donors (Lipinski definition) is 5. The number of carbonyl (C=O) groups excluding carboxylic acids is 3. The quantitative estimate of drug-likeness (QED) is 0.303. The topological polar surface area (TPSA) is 181 Å². The fourth-order valence-corrected chi connectivity index (χ4v) is 7.65. The van der Waals surface area contributed by atoms with E-state index < -0.39 is 58.0 Å². The van der Waals surface area contributed by atoms with Gasteiger partial charge in [0.25, 0.3) is 5.91 Å². The Kier molecular flexibility index (Phi) is 7.14. The van der Waals surface area contributed by atoms with Crippen LogP contribution in [0.25, 0.3) is 17.1 Å². The van der Waals surface area contributed by atoms with Crippen LogP contribution in [-0.2, 0) is 27.3 Å². The van der Waals surface area contributed by atoms with Crippen molar-refractivity contribution in [2.24, 2.45) is 17.6 Å². The molecule has 1 aliphatic heterocycles. The molecule has 1 amide bonds. The third kappa shape index (κ3) is 4.26. The van der Waals surface area contributed by atoms with Crippen molar-refractivity contribution in [1.29, 1.82) is 0 Å². The summed E-state index contributed by atoms with van der Waals surface area (Å²) in [5, 5.41) is 46.3. The molecule has 0 spiro atoms. The Morgan fingerprint density at radius 3 is 2.41 bits per heavy atom. The Morgan fingerprint density at radius 1 is 1.11 bits per heavy atom. The van der Waals surface area contributed by atoms with Crippen LogP contribution in [0.3, 0.4) is 0 Å². The number of primary amides is 1. The number of benzene rings is 1. The lowest BCUT2D eigenvalue weighted by Crippen LogP contribution is -2.65. The van der Waals surface area contributed by atoms with E-state index in [1.807, 2.05) is 25.1 Å². The van der Waals surface area contributed by atoms with Crippen LogP contribution in [0.4, 0.5) is 5.69 Å². The molecular weight excluding hydrogens is 568 g/mol. The highest BCUT2D eigenvalue weighted by molar-refractivity contribution is 6.24. The van der Waals surface area contributed by atoms with E-state index in [2.05, 4.69) is 4.90 Å². The lowest BCUT2D eigenvalue weighted by Gasteiger charge is -2.50. The van der Waals surface area contributed by atoms with E-state index in [9.17, 15) is 34.8 Å². The number of aliphatic hydroxyl groups is 3. The smallest absolute Gasteiger partial charge is 0.255 e. The number of carbonyl (C=O) groups is 3. The molecule has 4 atom stereocenters. The first-order chi connectivity index (χ1) is 20.8. The van der Waals surface area contributed by atoms with Gasteiger partial charge in [-0.15, -0.1) is 0 Å². The largest absolute Gasteiger partial charge is 0.508 e. The van der Waals surface area contributed by atoms with E-state index in [1.54, 1.807) is 26.2 Å². The molecule has 44 heavy (non-hydrogen) atoms. The highest BCUT2D eigenvalue weighted by Gasteiger charge is 2.64. The van der Waals surface area contributed by atoms with E-state index in [-0.39, 0.29) is 29.7 Å². The Labute approximate surface area is 254 Å². The minimum absolute atomic E-state index is 0.0270. The van der Waals surface area contributed by atoms with Crippen LogP contribution in [0.1, 0.15) is 36.1 Å². The molecule has 2 heterocycles. The molecule has 0 radical (unpaired) electrons. The molecule has 12 nitrogen and oxygen atoms in total. The van der Waals surface area contributed by atoms with Gasteiger partial charge < -0.3 is 35.5 Å². The predicted molar refractivity (Wildman–Crippen MR) is 161 cm³/mol. The number of amides is 1. The molecule has 6 rings (SSSR count). The van der Waals surface area contributed by atoms with Gasteiger partial charge in [0.1, 0.15) is 34.4 Å². The van der Waals surface area contributed by atoms with Gasteiger partial charge in [0.2, 0.25) is 5.78 Å². The highest BCUT2D eigenvalue weighted by atomic mass is 16.4. The predicted octanol–water partition coefficient (Wildman–Crippen LogP) is 1.89. The van der Waals surface area contributed by atoms with Crippen LogP contribution < -0.4 is 10.6 Å². The number of likely N-dealkylation sites (tertiary alicyclic amines) is 1.